The molecule has 0 aliphatic carbocycles. The van der Waals surface area contributed by atoms with E-state index in [1.165, 1.54) is 0 Å². The molecule has 0 saturated heterocycles. The number of allylic oxidation sites excluding steroid dienone is 1. The minimum absolute atomic E-state index is 0.0539. The molecular formula is C12H13BrN2O. The summed E-state index contributed by atoms with van der Waals surface area (Å²) >= 11 is 3.20. The van der Waals surface area contributed by atoms with Gasteiger partial charge in [-0.15, -0.1) is 0 Å². The molecule has 4 heteroatoms. The highest BCUT2D eigenvalue weighted by Gasteiger charge is 2.27. The normalized spacial score (nSPS) is 19.2. The number of benzene rings is 1. The van der Waals surface area contributed by atoms with Crippen LogP contribution in [0.3, 0.4) is 0 Å². The minimum Gasteiger partial charge on any atom is -0.364 e. The van der Waals surface area contributed by atoms with Crippen molar-refractivity contribution < 1.29 is 4.79 Å². The quantitative estimate of drug-likeness (QED) is 0.844. The third-order valence-corrected chi connectivity index (χ3v) is 2.97. The Kier molecular flexibility index (Phi) is 3.29. The van der Waals surface area contributed by atoms with Crippen molar-refractivity contribution >= 4 is 21.8 Å². The number of hydrogen-bond donors (Lipinski definition) is 1. The fourth-order valence-electron chi connectivity index (χ4n) is 1.77. The van der Waals surface area contributed by atoms with Gasteiger partial charge >= 0.3 is 0 Å². The summed E-state index contributed by atoms with van der Waals surface area (Å²) in [4.78, 5) is 13.5. The summed E-state index contributed by atoms with van der Waals surface area (Å²) < 4.78 is 0. The zero-order chi connectivity index (χ0) is 11.5. The lowest BCUT2D eigenvalue weighted by atomic mass is 10.1. The molecule has 0 radical (unpaired) electrons. The number of halogens is 1. The highest BCUT2D eigenvalue weighted by atomic mass is 79.9. The van der Waals surface area contributed by atoms with E-state index < -0.39 is 0 Å². The van der Waals surface area contributed by atoms with Crippen molar-refractivity contribution in [2.45, 2.75) is 13.1 Å². The smallest absolute Gasteiger partial charge is 0.239 e. The van der Waals surface area contributed by atoms with Crippen LogP contribution in [-0.2, 0) is 4.79 Å². The van der Waals surface area contributed by atoms with Gasteiger partial charge in [-0.1, -0.05) is 46.3 Å². The van der Waals surface area contributed by atoms with Gasteiger partial charge in [0, 0.05) is 11.9 Å². The molecule has 0 aromatic heterocycles. The number of carbonyl (C=O) groups excluding carboxylic acids is 1. The Morgan fingerprint density at radius 3 is 2.75 bits per heavy atom. The molecule has 0 fully saturated rings. The second-order valence-corrected chi connectivity index (χ2v) is 4.27. The summed E-state index contributed by atoms with van der Waals surface area (Å²) in [6.45, 7) is 1.96. The molecule has 0 spiro atoms. The van der Waals surface area contributed by atoms with Crippen LogP contribution >= 0.6 is 15.9 Å². The second-order valence-electron chi connectivity index (χ2n) is 3.70. The molecule has 1 unspecified atom stereocenters. The number of rotatable bonds is 2. The van der Waals surface area contributed by atoms with E-state index in [1.807, 2.05) is 43.5 Å². The Morgan fingerprint density at radius 2 is 2.12 bits per heavy atom. The maximum absolute atomic E-state index is 11.7. The van der Waals surface area contributed by atoms with Gasteiger partial charge < -0.3 is 5.32 Å². The van der Waals surface area contributed by atoms with Crippen LogP contribution in [0.4, 0.5) is 0 Å². The maximum Gasteiger partial charge on any atom is 0.239 e. The van der Waals surface area contributed by atoms with Gasteiger partial charge in [-0.25, -0.2) is 0 Å². The maximum atomic E-state index is 11.7. The van der Waals surface area contributed by atoms with Crippen LogP contribution in [0.1, 0.15) is 18.7 Å². The van der Waals surface area contributed by atoms with Gasteiger partial charge in [0.2, 0.25) is 5.91 Å². The fraction of sp³-hybridized carbons (Fsp3) is 0.250. The molecule has 2 rings (SSSR count). The first-order chi connectivity index (χ1) is 7.72. The zero-order valence-corrected chi connectivity index (χ0v) is 10.6. The van der Waals surface area contributed by atoms with Crippen molar-refractivity contribution in [3.63, 3.8) is 0 Å². The van der Waals surface area contributed by atoms with E-state index in [0.717, 1.165) is 11.3 Å². The zero-order valence-electron chi connectivity index (χ0n) is 8.98. The van der Waals surface area contributed by atoms with Gasteiger partial charge in [0.25, 0.3) is 0 Å². The van der Waals surface area contributed by atoms with E-state index in [4.69, 9.17) is 0 Å². The van der Waals surface area contributed by atoms with E-state index in [9.17, 15) is 4.79 Å². The van der Waals surface area contributed by atoms with E-state index in [0.29, 0.717) is 5.33 Å². The predicted molar refractivity (Wildman–Crippen MR) is 66.7 cm³/mol. The first kappa shape index (κ1) is 11.2. The lowest BCUT2D eigenvalue weighted by molar-refractivity contribution is -0.127. The average Bonchev–Trinajstić information content (AvgIpc) is 2.71. The minimum atomic E-state index is -0.0775. The molecule has 1 aromatic carbocycles. The highest BCUT2D eigenvalue weighted by Crippen LogP contribution is 2.25. The molecule has 16 heavy (non-hydrogen) atoms. The topological polar surface area (TPSA) is 32.3 Å². The van der Waals surface area contributed by atoms with E-state index in [1.54, 1.807) is 4.90 Å². The Balaban J connectivity index is 2.26. The summed E-state index contributed by atoms with van der Waals surface area (Å²) in [6, 6.07) is 9.94. The van der Waals surface area contributed by atoms with Crippen molar-refractivity contribution in [2.75, 3.05) is 5.33 Å². The summed E-state index contributed by atoms with van der Waals surface area (Å²) in [6.07, 6.45) is 1.77. The fourth-order valence-corrected chi connectivity index (χ4v) is 2.06. The average molecular weight is 281 g/mol. The molecule has 1 N–H and O–H groups in total. The summed E-state index contributed by atoms with van der Waals surface area (Å²) in [5, 5.41) is 3.62. The van der Waals surface area contributed by atoms with Crippen LogP contribution in [0.5, 0.6) is 0 Å². The van der Waals surface area contributed by atoms with Crippen LogP contribution in [0.25, 0.3) is 0 Å². The standard InChI is InChI=1S/C12H13BrN2O/c1-9-8-15(11(16)7-13)12(14-9)10-5-3-2-4-6-10/h2-6,8,12,14H,7H2,1H3. The summed E-state index contributed by atoms with van der Waals surface area (Å²) in [5.74, 6) is 0.0539. The largest absolute Gasteiger partial charge is 0.364 e. The highest BCUT2D eigenvalue weighted by molar-refractivity contribution is 9.09. The lowest BCUT2D eigenvalue weighted by Crippen LogP contribution is -2.33. The number of alkyl halides is 1. The molecule has 1 aliphatic rings. The monoisotopic (exact) mass is 280 g/mol. The van der Waals surface area contributed by atoms with Crippen LogP contribution in [0, 0.1) is 0 Å². The Labute approximate surface area is 103 Å². The molecule has 1 aromatic rings. The van der Waals surface area contributed by atoms with Crippen LogP contribution in [0.2, 0.25) is 0 Å². The van der Waals surface area contributed by atoms with E-state index in [2.05, 4.69) is 21.2 Å². The van der Waals surface area contributed by atoms with Crippen molar-refractivity contribution in [3.8, 4) is 0 Å². The van der Waals surface area contributed by atoms with Crippen LogP contribution in [-0.4, -0.2) is 16.1 Å². The third-order valence-electron chi connectivity index (χ3n) is 2.49. The molecule has 0 bridgehead atoms. The summed E-state index contributed by atoms with van der Waals surface area (Å²) in [5.41, 5.74) is 2.09. The van der Waals surface area contributed by atoms with Gasteiger partial charge in [-0.2, -0.15) is 0 Å². The van der Waals surface area contributed by atoms with Gasteiger partial charge in [-0.05, 0) is 12.5 Å². The second kappa shape index (κ2) is 4.70. The Bertz CT molecular complexity index is 416. The molecule has 1 atom stereocenters. The van der Waals surface area contributed by atoms with Crippen molar-refractivity contribution in [2.24, 2.45) is 0 Å². The molecule has 1 heterocycles. The number of amides is 1. The molecule has 1 amide bonds. The number of nitrogens with one attached hydrogen (secondary N) is 1. The van der Waals surface area contributed by atoms with Gasteiger partial charge in [0.05, 0.1) is 5.33 Å². The molecule has 84 valence electrons. The first-order valence-electron chi connectivity index (χ1n) is 5.09. The summed E-state index contributed by atoms with van der Waals surface area (Å²) in [7, 11) is 0. The Morgan fingerprint density at radius 1 is 1.44 bits per heavy atom. The van der Waals surface area contributed by atoms with Gasteiger partial charge in [0.15, 0.2) is 0 Å². The third kappa shape index (κ3) is 2.11. The number of nitrogens with zero attached hydrogens (tertiary/aromatic N) is 1. The first-order valence-corrected chi connectivity index (χ1v) is 6.21. The lowest BCUT2D eigenvalue weighted by Gasteiger charge is -2.23. The molecule has 3 nitrogen and oxygen atoms in total. The SMILES string of the molecule is CC1=CN(C(=O)CBr)C(c2ccccc2)N1. The van der Waals surface area contributed by atoms with Gasteiger partial charge in [0.1, 0.15) is 6.17 Å². The molecule has 0 saturated carbocycles. The molecular weight excluding hydrogens is 268 g/mol. The van der Waals surface area contributed by atoms with Crippen molar-refractivity contribution in [1.29, 1.82) is 0 Å². The Hall–Kier alpha value is -1.29. The van der Waals surface area contributed by atoms with Crippen LogP contribution < -0.4 is 5.32 Å². The number of carbonyl (C=O) groups is 1. The van der Waals surface area contributed by atoms with Crippen LogP contribution in [0.15, 0.2) is 42.2 Å². The predicted octanol–water partition coefficient (Wildman–Crippen LogP) is 2.37. The van der Waals surface area contributed by atoms with Crippen molar-refractivity contribution in [3.05, 3.63) is 47.8 Å². The van der Waals surface area contributed by atoms with E-state index >= 15 is 0 Å². The number of hydrogen-bond acceptors (Lipinski definition) is 2. The van der Waals surface area contributed by atoms with E-state index in [-0.39, 0.29) is 12.1 Å². The van der Waals surface area contributed by atoms with Gasteiger partial charge in [-0.3, -0.25) is 9.69 Å². The molecule has 1 aliphatic heterocycles. The van der Waals surface area contributed by atoms with Crippen molar-refractivity contribution in [1.82, 2.24) is 10.2 Å².